The molecule has 0 bridgehead atoms. The van der Waals surface area contributed by atoms with Crippen LogP contribution < -0.4 is 0 Å². The summed E-state index contributed by atoms with van der Waals surface area (Å²) in [5, 5.41) is 8.89. The lowest BCUT2D eigenvalue weighted by Crippen LogP contribution is -2.31. The van der Waals surface area contributed by atoms with Crippen molar-refractivity contribution in [1.29, 1.82) is 0 Å². The summed E-state index contributed by atoms with van der Waals surface area (Å²) in [4.78, 5) is 0. The zero-order valence-electron chi connectivity index (χ0n) is 11.5. The summed E-state index contributed by atoms with van der Waals surface area (Å²) in [5.41, 5.74) is 4.05. The van der Waals surface area contributed by atoms with Gasteiger partial charge in [0.2, 0.25) is 0 Å². The lowest BCUT2D eigenvalue weighted by molar-refractivity contribution is 0.744. The van der Waals surface area contributed by atoms with Gasteiger partial charge in [-0.2, -0.15) is 10.2 Å². The first-order valence-corrected chi connectivity index (χ1v) is 7.37. The molecule has 100 valence electrons. The molecule has 3 rings (SSSR count). The van der Waals surface area contributed by atoms with E-state index in [1.165, 1.54) is 0 Å². The molecule has 0 aromatic heterocycles. The third kappa shape index (κ3) is 2.12. The molecule has 0 saturated carbocycles. The van der Waals surface area contributed by atoms with E-state index in [2.05, 4.69) is 58.2 Å². The maximum Gasteiger partial charge on any atom is 0.0830 e. The molecule has 1 heterocycles. The van der Waals surface area contributed by atoms with Crippen LogP contribution >= 0.6 is 15.9 Å². The van der Waals surface area contributed by atoms with Gasteiger partial charge in [0.15, 0.2) is 0 Å². The molecule has 2 aromatic carbocycles. The lowest BCUT2D eigenvalue weighted by Gasteiger charge is -2.23. The Balaban J connectivity index is 2.02. The molecule has 0 atom stereocenters. The maximum atomic E-state index is 4.45. The van der Waals surface area contributed by atoms with Crippen LogP contribution in [0.2, 0.25) is 0 Å². The van der Waals surface area contributed by atoms with Gasteiger partial charge in [-0.25, -0.2) is 0 Å². The van der Waals surface area contributed by atoms with E-state index in [1.54, 1.807) is 0 Å². The Morgan fingerprint density at radius 3 is 2.10 bits per heavy atom. The topological polar surface area (TPSA) is 24.7 Å². The molecular weight excluding hydrogens is 312 g/mol. The Kier molecular flexibility index (Phi) is 3.30. The Morgan fingerprint density at radius 1 is 0.800 bits per heavy atom. The van der Waals surface area contributed by atoms with E-state index in [0.29, 0.717) is 0 Å². The van der Waals surface area contributed by atoms with E-state index in [9.17, 15) is 0 Å². The van der Waals surface area contributed by atoms with Gasteiger partial charge in [0.1, 0.15) is 0 Å². The Hall–Kier alpha value is -1.74. The summed E-state index contributed by atoms with van der Waals surface area (Å²) >= 11 is 3.60. The van der Waals surface area contributed by atoms with Gasteiger partial charge < -0.3 is 0 Å². The molecule has 0 spiro atoms. The highest BCUT2D eigenvalue weighted by atomic mass is 79.9. The number of halogens is 1. The van der Waals surface area contributed by atoms with Gasteiger partial charge in [0.05, 0.1) is 16.8 Å². The van der Waals surface area contributed by atoms with Crippen LogP contribution in [0.15, 0.2) is 69.3 Å². The zero-order chi connectivity index (χ0) is 14.2. The summed E-state index contributed by atoms with van der Waals surface area (Å²) < 4.78 is 1.05. The quantitative estimate of drug-likeness (QED) is 0.765. The average molecular weight is 327 g/mol. The summed E-state index contributed by atoms with van der Waals surface area (Å²) in [6.07, 6.45) is 0. The van der Waals surface area contributed by atoms with Gasteiger partial charge in [0, 0.05) is 10.0 Å². The van der Waals surface area contributed by atoms with Gasteiger partial charge in [-0.15, -0.1) is 0 Å². The summed E-state index contributed by atoms with van der Waals surface area (Å²) in [6.45, 7) is 4.34. The van der Waals surface area contributed by atoms with E-state index in [-0.39, 0.29) is 5.41 Å². The largest absolute Gasteiger partial charge is 0.154 e. The van der Waals surface area contributed by atoms with Gasteiger partial charge >= 0.3 is 0 Å². The van der Waals surface area contributed by atoms with E-state index in [4.69, 9.17) is 0 Å². The second-order valence-electron chi connectivity index (χ2n) is 5.37. The maximum absolute atomic E-state index is 4.45. The summed E-state index contributed by atoms with van der Waals surface area (Å²) in [5.74, 6) is 0. The number of nitrogens with zero attached hydrogens (tertiary/aromatic N) is 2. The second kappa shape index (κ2) is 4.98. The Labute approximate surface area is 127 Å². The molecule has 0 fully saturated rings. The molecule has 20 heavy (non-hydrogen) atoms. The van der Waals surface area contributed by atoms with Crippen molar-refractivity contribution < 1.29 is 0 Å². The van der Waals surface area contributed by atoms with Crippen molar-refractivity contribution in [3.8, 4) is 0 Å². The van der Waals surface area contributed by atoms with Crippen molar-refractivity contribution in [2.45, 2.75) is 13.8 Å². The van der Waals surface area contributed by atoms with Crippen molar-refractivity contribution >= 4 is 27.4 Å². The summed E-state index contributed by atoms with van der Waals surface area (Å²) in [7, 11) is 0. The molecule has 0 radical (unpaired) electrons. The first-order chi connectivity index (χ1) is 9.60. The molecule has 2 aromatic rings. The number of benzene rings is 2. The molecule has 1 aliphatic heterocycles. The number of hydrogen-bond acceptors (Lipinski definition) is 2. The van der Waals surface area contributed by atoms with Crippen molar-refractivity contribution in [2.24, 2.45) is 15.6 Å². The SMILES string of the molecule is CC1(C)C(c2ccccc2)=NN=C1c1ccccc1Br. The van der Waals surface area contributed by atoms with E-state index >= 15 is 0 Å². The van der Waals surface area contributed by atoms with E-state index in [1.807, 2.05) is 36.4 Å². The predicted molar refractivity (Wildman–Crippen MR) is 87.4 cm³/mol. The predicted octanol–water partition coefficient (Wildman–Crippen LogP) is 4.68. The van der Waals surface area contributed by atoms with Crippen LogP contribution in [-0.2, 0) is 0 Å². The monoisotopic (exact) mass is 326 g/mol. The first kappa shape index (κ1) is 13.3. The van der Waals surface area contributed by atoms with Crippen LogP contribution in [0.1, 0.15) is 25.0 Å². The fraction of sp³-hybridized carbons (Fsp3) is 0.176. The highest BCUT2D eigenvalue weighted by Crippen LogP contribution is 2.35. The van der Waals surface area contributed by atoms with Gasteiger partial charge in [-0.1, -0.05) is 64.5 Å². The molecule has 2 nitrogen and oxygen atoms in total. The van der Waals surface area contributed by atoms with E-state index < -0.39 is 0 Å². The zero-order valence-corrected chi connectivity index (χ0v) is 13.1. The third-order valence-corrected chi connectivity index (χ3v) is 4.30. The average Bonchev–Trinajstić information content (AvgIpc) is 2.76. The van der Waals surface area contributed by atoms with Gasteiger partial charge in [-0.3, -0.25) is 0 Å². The van der Waals surface area contributed by atoms with Crippen LogP contribution in [0.3, 0.4) is 0 Å². The highest BCUT2D eigenvalue weighted by Gasteiger charge is 2.37. The molecule has 0 amide bonds. The minimum atomic E-state index is -0.203. The molecular formula is C17H15BrN2. The molecule has 0 unspecified atom stereocenters. The van der Waals surface area contributed by atoms with Crippen LogP contribution in [-0.4, -0.2) is 11.4 Å². The van der Waals surface area contributed by atoms with Gasteiger partial charge in [-0.05, 0) is 25.5 Å². The van der Waals surface area contributed by atoms with Crippen LogP contribution in [0, 0.1) is 5.41 Å². The fourth-order valence-electron chi connectivity index (χ4n) is 2.52. The van der Waals surface area contributed by atoms with Crippen molar-refractivity contribution in [3.63, 3.8) is 0 Å². The highest BCUT2D eigenvalue weighted by molar-refractivity contribution is 9.10. The second-order valence-corrected chi connectivity index (χ2v) is 6.22. The standard InChI is InChI=1S/C17H15BrN2/c1-17(2)15(12-8-4-3-5-9-12)19-20-16(17)13-10-6-7-11-14(13)18/h3-11H,1-2H3. The smallest absolute Gasteiger partial charge is 0.0830 e. The van der Waals surface area contributed by atoms with Crippen LogP contribution in [0.5, 0.6) is 0 Å². The Bertz CT molecular complexity index is 700. The van der Waals surface area contributed by atoms with Crippen molar-refractivity contribution in [3.05, 3.63) is 70.2 Å². The Morgan fingerprint density at radius 2 is 1.40 bits per heavy atom. The number of rotatable bonds is 2. The minimum absolute atomic E-state index is 0.203. The van der Waals surface area contributed by atoms with Crippen molar-refractivity contribution in [1.82, 2.24) is 0 Å². The molecule has 3 heteroatoms. The number of hydrogen-bond donors (Lipinski definition) is 0. The fourth-order valence-corrected chi connectivity index (χ4v) is 2.99. The lowest BCUT2D eigenvalue weighted by atomic mass is 9.77. The van der Waals surface area contributed by atoms with Crippen molar-refractivity contribution in [2.75, 3.05) is 0 Å². The third-order valence-electron chi connectivity index (χ3n) is 3.61. The van der Waals surface area contributed by atoms with E-state index in [0.717, 1.165) is 27.0 Å². The summed E-state index contributed by atoms with van der Waals surface area (Å²) in [6, 6.07) is 18.4. The normalized spacial score (nSPS) is 16.8. The van der Waals surface area contributed by atoms with Gasteiger partial charge in [0.25, 0.3) is 0 Å². The molecule has 0 saturated heterocycles. The van der Waals surface area contributed by atoms with Crippen LogP contribution in [0.4, 0.5) is 0 Å². The van der Waals surface area contributed by atoms with Crippen LogP contribution in [0.25, 0.3) is 0 Å². The first-order valence-electron chi connectivity index (χ1n) is 6.57. The molecule has 1 aliphatic rings. The minimum Gasteiger partial charge on any atom is -0.154 e. The molecule has 0 N–H and O–H groups in total. The molecule has 0 aliphatic carbocycles.